The maximum absolute atomic E-state index is 11.8. The number of ether oxygens (including phenoxy) is 1. The van der Waals surface area contributed by atoms with E-state index in [0.29, 0.717) is 37.9 Å². The fraction of sp³-hybridized carbons (Fsp3) is 0.429. The fourth-order valence-corrected chi connectivity index (χ4v) is 1.99. The Morgan fingerprint density at radius 3 is 2.61 bits per heavy atom. The summed E-state index contributed by atoms with van der Waals surface area (Å²) >= 11 is 3.34. The molecule has 98 valence electrons. The minimum absolute atomic E-state index is 0.111. The second-order valence-electron chi connectivity index (χ2n) is 3.95. The predicted molar refractivity (Wildman–Crippen MR) is 73.6 cm³/mol. The van der Waals surface area contributed by atoms with Crippen LogP contribution >= 0.6 is 15.9 Å². The van der Waals surface area contributed by atoms with Crippen molar-refractivity contribution in [3.8, 4) is 0 Å². The topological polar surface area (TPSA) is 43.4 Å². The number of carbonyl (C=O) groups is 2. The molecule has 0 aliphatic heterocycles. The van der Waals surface area contributed by atoms with Gasteiger partial charge in [0.25, 0.3) is 0 Å². The molecule has 1 aromatic carbocycles. The van der Waals surface area contributed by atoms with E-state index in [1.54, 1.807) is 13.0 Å². The molecule has 18 heavy (non-hydrogen) atoms. The predicted octanol–water partition coefficient (Wildman–Crippen LogP) is 3.76. The largest absolute Gasteiger partial charge is 0.466 e. The van der Waals surface area contributed by atoms with Crippen LogP contribution in [0, 0.1) is 0 Å². The molecule has 0 spiro atoms. The average molecular weight is 313 g/mol. The van der Waals surface area contributed by atoms with Crippen LogP contribution < -0.4 is 0 Å². The van der Waals surface area contributed by atoms with E-state index in [4.69, 9.17) is 4.74 Å². The second kappa shape index (κ2) is 8.03. The van der Waals surface area contributed by atoms with Crippen LogP contribution in [0.25, 0.3) is 0 Å². The molecule has 0 aliphatic rings. The second-order valence-corrected chi connectivity index (χ2v) is 4.86. The SMILES string of the molecule is CCOC(=O)CCCCC(=O)c1cccc(Br)c1. The Hall–Kier alpha value is -1.16. The van der Waals surface area contributed by atoms with E-state index in [1.165, 1.54) is 0 Å². The van der Waals surface area contributed by atoms with Crippen LogP contribution in [-0.2, 0) is 9.53 Å². The molecule has 0 atom stereocenters. The van der Waals surface area contributed by atoms with Crippen LogP contribution in [0.1, 0.15) is 43.0 Å². The quantitative estimate of drug-likeness (QED) is 0.437. The number of ketones is 1. The van der Waals surface area contributed by atoms with Gasteiger partial charge in [-0.15, -0.1) is 0 Å². The zero-order valence-electron chi connectivity index (χ0n) is 10.4. The van der Waals surface area contributed by atoms with E-state index >= 15 is 0 Å². The normalized spacial score (nSPS) is 10.1. The van der Waals surface area contributed by atoms with Gasteiger partial charge in [-0.1, -0.05) is 28.1 Å². The first-order valence-corrected chi connectivity index (χ1v) is 6.87. The molecule has 0 N–H and O–H groups in total. The van der Waals surface area contributed by atoms with Crippen molar-refractivity contribution < 1.29 is 14.3 Å². The van der Waals surface area contributed by atoms with Crippen LogP contribution in [0.2, 0.25) is 0 Å². The molecular weight excluding hydrogens is 296 g/mol. The van der Waals surface area contributed by atoms with E-state index in [-0.39, 0.29) is 11.8 Å². The third kappa shape index (κ3) is 5.45. The van der Waals surface area contributed by atoms with Crippen molar-refractivity contribution >= 4 is 27.7 Å². The molecule has 0 saturated heterocycles. The van der Waals surface area contributed by atoms with Crippen molar-refractivity contribution in [2.45, 2.75) is 32.6 Å². The van der Waals surface area contributed by atoms with Crippen molar-refractivity contribution in [2.24, 2.45) is 0 Å². The van der Waals surface area contributed by atoms with Gasteiger partial charge in [0.05, 0.1) is 6.61 Å². The monoisotopic (exact) mass is 312 g/mol. The van der Waals surface area contributed by atoms with Gasteiger partial charge in [0, 0.05) is 22.9 Å². The molecule has 0 radical (unpaired) electrons. The van der Waals surface area contributed by atoms with E-state index < -0.39 is 0 Å². The number of Topliss-reactive ketones (excluding diaryl/α,β-unsaturated/α-hetero) is 1. The van der Waals surface area contributed by atoms with E-state index in [1.807, 2.05) is 18.2 Å². The lowest BCUT2D eigenvalue weighted by Crippen LogP contribution is -2.04. The van der Waals surface area contributed by atoms with E-state index in [0.717, 1.165) is 4.47 Å². The lowest BCUT2D eigenvalue weighted by molar-refractivity contribution is -0.143. The molecule has 0 fully saturated rings. The minimum atomic E-state index is -0.188. The third-order valence-corrected chi connectivity index (χ3v) is 2.98. The van der Waals surface area contributed by atoms with Crippen LogP contribution in [0.15, 0.2) is 28.7 Å². The molecule has 0 amide bonds. The number of halogens is 1. The Morgan fingerprint density at radius 1 is 1.22 bits per heavy atom. The summed E-state index contributed by atoms with van der Waals surface area (Å²) in [6.45, 7) is 2.20. The van der Waals surface area contributed by atoms with Crippen molar-refractivity contribution in [1.29, 1.82) is 0 Å². The molecule has 0 heterocycles. The minimum Gasteiger partial charge on any atom is -0.466 e. The number of hydrogen-bond donors (Lipinski definition) is 0. The highest BCUT2D eigenvalue weighted by atomic mass is 79.9. The Morgan fingerprint density at radius 2 is 1.94 bits per heavy atom. The van der Waals surface area contributed by atoms with Gasteiger partial charge >= 0.3 is 5.97 Å². The van der Waals surface area contributed by atoms with Crippen molar-refractivity contribution in [2.75, 3.05) is 6.61 Å². The van der Waals surface area contributed by atoms with Crippen molar-refractivity contribution in [3.05, 3.63) is 34.3 Å². The molecule has 1 aromatic rings. The molecule has 3 nitrogen and oxygen atoms in total. The molecule has 0 aliphatic carbocycles. The summed E-state index contributed by atoms with van der Waals surface area (Å²) in [6, 6.07) is 7.35. The van der Waals surface area contributed by atoms with Crippen LogP contribution in [0.3, 0.4) is 0 Å². The van der Waals surface area contributed by atoms with E-state index in [2.05, 4.69) is 15.9 Å². The number of carbonyl (C=O) groups excluding carboxylic acids is 2. The Kier molecular flexibility index (Phi) is 6.65. The maximum Gasteiger partial charge on any atom is 0.305 e. The number of esters is 1. The number of unbranched alkanes of at least 4 members (excludes halogenated alkanes) is 1. The van der Waals surface area contributed by atoms with E-state index in [9.17, 15) is 9.59 Å². The van der Waals surface area contributed by atoms with Gasteiger partial charge in [-0.3, -0.25) is 9.59 Å². The molecule has 0 aromatic heterocycles. The Bertz CT molecular complexity index is 415. The van der Waals surface area contributed by atoms with Crippen molar-refractivity contribution in [3.63, 3.8) is 0 Å². The lowest BCUT2D eigenvalue weighted by atomic mass is 10.0. The summed E-state index contributed by atoms with van der Waals surface area (Å²) in [5.41, 5.74) is 0.709. The molecule has 0 bridgehead atoms. The average Bonchev–Trinajstić information content (AvgIpc) is 2.35. The summed E-state index contributed by atoms with van der Waals surface area (Å²) < 4.78 is 5.72. The van der Waals surface area contributed by atoms with Crippen LogP contribution in [0.4, 0.5) is 0 Å². The zero-order chi connectivity index (χ0) is 13.4. The first-order valence-electron chi connectivity index (χ1n) is 6.08. The van der Waals surface area contributed by atoms with Gasteiger partial charge in [-0.25, -0.2) is 0 Å². The van der Waals surface area contributed by atoms with Gasteiger partial charge in [0.1, 0.15) is 0 Å². The summed E-state index contributed by atoms with van der Waals surface area (Å²) in [7, 11) is 0. The van der Waals surface area contributed by atoms with Gasteiger partial charge in [-0.05, 0) is 31.9 Å². The molecule has 1 rings (SSSR count). The third-order valence-electron chi connectivity index (χ3n) is 2.49. The smallest absolute Gasteiger partial charge is 0.305 e. The fourth-order valence-electron chi connectivity index (χ4n) is 1.59. The van der Waals surface area contributed by atoms with Gasteiger partial charge in [0.15, 0.2) is 5.78 Å². The molecule has 0 saturated carbocycles. The van der Waals surface area contributed by atoms with Crippen LogP contribution in [-0.4, -0.2) is 18.4 Å². The molecule has 4 heteroatoms. The Balaban J connectivity index is 2.27. The highest BCUT2D eigenvalue weighted by Gasteiger charge is 2.07. The number of rotatable bonds is 7. The first kappa shape index (κ1) is 14.9. The number of benzene rings is 1. The van der Waals surface area contributed by atoms with Gasteiger partial charge in [0.2, 0.25) is 0 Å². The van der Waals surface area contributed by atoms with Crippen molar-refractivity contribution in [1.82, 2.24) is 0 Å². The lowest BCUT2D eigenvalue weighted by Gasteiger charge is -2.02. The number of hydrogen-bond acceptors (Lipinski definition) is 3. The summed E-state index contributed by atoms with van der Waals surface area (Å²) in [6.07, 6.45) is 2.26. The molecule has 0 unspecified atom stereocenters. The summed E-state index contributed by atoms with van der Waals surface area (Å²) in [5, 5.41) is 0. The summed E-state index contributed by atoms with van der Waals surface area (Å²) in [4.78, 5) is 22.9. The Labute approximate surface area is 116 Å². The first-order chi connectivity index (χ1) is 8.63. The van der Waals surface area contributed by atoms with Gasteiger partial charge < -0.3 is 4.74 Å². The van der Waals surface area contributed by atoms with Crippen LogP contribution in [0.5, 0.6) is 0 Å². The maximum atomic E-state index is 11.8. The highest BCUT2D eigenvalue weighted by Crippen LogP contribution is 2.14. The standard InChI is InChI=1S/C14H17BrO3/c1-2-18-14(17)9-4-3-8-13(16)11-6-5-7-12(15)10-11/h5-7,10H,2-4,8-9H2,1H3. The summed E-state index contributed by atoms with van der Waals surface area (Å²) in [5.74, 6) is -0.0763. The van der Waals surface area contributed by atoms with Gasteiger partial charge in [-0.2, -0.15) is 0 Å². The zero-order valence-corrected chi connectivity index (χ0v) is 12.0. The molecular formula is C14H17BrO3. The highest BCUT2D eigenvalue weighted by molar-refractivity contribution is 9.10.